The van der Waals surface area contributed by atoms with E-state index in [-0.39, 0.29) is 23.7 Å². The number of hydrogen-bond donors (Lipinski definition) is 0. The quantitative estimate of drug-likeness (QED) is 0.459. The molecule has 0 aliphatic carbocycles. The molecule has 1 aliphatic heterocycles. The number of pyridine rings is 1. The molecule has 37 heavy (non-hydrogen) atoms. The van der Waals surface area contributed by atoms with Gasteiger partial charge in [0, 0.05) is 60.1 Å². The molecule has 1 fully saturated rings. The van der Waals surface area contributed by atoms with Gasteiger partial charge in [-0.3, -0.25) is 9.69 Å². The number of amides is 1. The number of ether oxygens (including phenoxy) is 3. The van der Waals surface area contributed by atoms with Gasteiger partial charge in [0.2, 0.25) is 0 Å². The van der Waals surface area contributed by atoms with Gasteiger partial charge in [-0.15, -0.1) is 11.3 Å². The Balaban J connectivity index is 1.63. The first kappa shape index (κ1) is 27.0. The van der Waals surface area contributed by atoms with Gasteiger partial charge in [-0.25, -0.2) is 4.79 Å². The minimum absolute atomic E-state index is 0.0161. The Morgan fingerprint density at radius 3 is 2.30 bits per heavy atom. The highest BCUT2D eigenvalue weighted by molar-refractivity contribution is 7.19. The van der Waals surface area contributed by atoms with E-state index in [1.54, 1.807) is 42.1 Å². The average Bonchev–Trinajstić information content (AvgIpc) is 3.26. The normalized spacial score (nSPS) is 18.8. The molecule has 1 aliphatic rings. The van der Waals surface area contributed by atoms with Crippen LogP contribution in [-0.2, 0) is 18.3 Å². The summed E-state index contributed by atoms with van der Waals surface area (Å²) < 4.78 is 19.1. The smallest absolute Gasteiger partial charge is 0.410 e. The first-order valence-electron chi connectivity index (χ1n) is 12.5. The summed E-state index contributed by atoms with van der Waals surface area (Å²) in [5.74, 6) is 1.30. The summed E-state index contributed by atoms with van der Waals surface area (Å²) in [6.07, 6.45) is 1.62. The van der Waals surface area contributed by atoms with Crippen LogP contribution < -0.4 is 15.0 Å². The summed E-state index contributed by atoms with van der Waals surface area (Å²) in [5.41, 5.74) is 1.40. The highest BCUT2D eigenvalue weighted by Gasteiger charge is 2.34. The predicted octanol–water partition coefficient (Wildman–Crippen LogP) is 5.11. The van der Waals surface area contributed by atoms with Crippen LogP contribution in [0.3, 0.4) is 0 Å². The lowest BCUT2D eigenvalue weighted by atomic mass is 10.1. The summed E-state index contributed by atoms with van der Waals surface area (Å²) in [5, 5.41) is 0.711. The zero-order valence-corrected chi connectivity index (χ0v) is 23.8. The van der Waals surface area contributed by atoms with E-state index in [1.165, 1.54) is 0 Å². The molecule has 0 bridgehead atoms. The summed E-state index contributed by atoms with van der Waals surface area (Å²) >= 11 is 1.65. The fourth-order valence-corrected chi connectivity index (χ4v) is 6.10. The van der Waals surface area contributed by atoms with Crippen molar-refractivity contribution in [2.45, 2.75) is 58.8 Å². The van der Waals surface area contributed by atoms with Gasteiger partial charge in [0.15, 0.2) is 11.5 Å². The van der Waals surface area contributed by atoms with Crippen molar-refractivity contribution >= 4 is 27.5 Å². The summed E-state index contributed by atoms with van der Waals surface area (Å²) in [7, 11) is 5.01. The standard InChI is InChI=1S/C28H37N3O5S/c1-17-13-30(27(33)36-28(3,4)5)14-18(2)31(17)15-20-12-21-25(37-20)22(16-29(6)26(21)32)19-9-10-23(34-7)24(11-19)35-8/h9-12,16-18H,13-15H2,1-8H3/t17-,18+. The van der Waals surface area contributed by atoms with E-state index in [0.29, 0.717) is 36.5 Å². The van der Waals surface area contributed by atoms with Crippen LogP contribution in [0.2, 0.25) is 0 Å². The maximum atomic E-state index is 13.1. The van der Waals surface area contributed by atoms with Crippen LogP contribution in [0.25, 0.3) is 21.2 Å². The van der Waals surface area contributed by atoms with E-state index in [1.807, 2.05) is 51.2 Å². The number of carbonyl (C=O) groups excluding carboxylic acids is 1. The lowest BCUT2D eigenvalue weighted by Crippen LogP contribution is -2.58. The van der Waals surface area contributed by atoms with Gasteiger partial charge >= 0.3 is 6.09 Å². The number of benzene rings is 1. The van der Waals surface area contributed by atoms with Gasteiger partial charge in [0.25, 0.3) is 5.56 Å². The molecular weight excluding hydrogens is 490 g/mol. The van der Waals surface area contributed by atoms with E-state index in [2.05, 4.69) is 18.7 Å². The second-order valence-electron chi connectivity index (χ2n) is 10.7. The molecule has 3 heterocycles. The monoisotopic (exact) mass is 527 g/mol. The van der Waals surface area contributed by atoms with Crippen molar-refractivity contribution < 1.29 is 19.0 Å². The molecule has 9 heteroatoms. The fourth-order valence-electron chi connectivity index (χ4n) is 4.91. The van der Waals surface area contributed by atoms with Crippen LogP contribution in [-0.4, -0.2) is 65.5 Å². The van der Waals surface area contributed by atoms with Crippen LogP contribution >= 0.6 is 11.3 Å². The van der Waals surface area contributed by atoms with E-state index >= 15 is 0 Å². The Hall–Kier alpha value is -3.04. The minimum Gasteiger partial charge on any atom is -0.493 e. The van der Waals surface area contributed by atoms with E-state index in [9.17, 15) is 9.59 Å². The number of nitrogens with zero attached hydrogens (tertiary/aromatic N) is 3. The van der Waals surface area contributed by atoms with Crippen molar-refractivity contribution in [1.29, 1.82) is 0 Å². The van der Waals surface area contributed by atoms with Crippen molar-refractivity contribution in [3.8, 4) is 22.6 Å². The second-order valence-corrected chi connectivity index (χ2v) is 11.9. The highest BCUT2D eigenvalue weighted by Crippen LogP contribution is 2.38. The van der Waals surface area contributed by atoms with Gasteiger partial charge in [-0.1, -0.05) is 6.07 Å². The molecule has 8 nitrogen and oxygen atoms in total. The van der Waals surface area contributed by atoms with Gasteiger partial charge in [-0.05, 0) is 58.4 Å². The maximum absolute atomic E-state index is 13.1. The van der Waals surface area contributed by atoms with Crippen molar-refractivity contribution in [3.63, 3.8) is 0 Å². The molecule has 2 aromatic heterocycles. The topological polar surface area (TPSA) is 73.2 Å². The third kappa shape index (κ3) is 5.62. The molecule has 2 atom stereocenters. The first-order chi connectivity index (χ1) is 17.4. The Kier molecular flexibility index (Phi) is 7.57. The van der Waals surface area contributed by atoms with Gasteiger partial charge in [0.1, 0.15) is 5.60 Å². The van der Waals surface area contributed by atoms with Crippen LogP contribution in [0.15, 0.2) is 35.3 Å². The number of aromatic nitrogens is 1. The highest BCUT2D eigenvalue weighted by atomic mass is 32.1. The molecule has 1 saturated heterocycles. The van der Waals surface area contributed by atoms with Crippen LogP contribution in [0.1, 0.15) is 39.5 Å². The van der Waals surface area contributed by atoms with Gasteiger partial charge in [0.05, 0.1) is 19.6 Å². The minimum atomic E-state index is -0.518. The third-order valence-corrected chi connectivity index (χ3v) is 7.84. The van der Waals surface area contributed by atoms with Crippen LogP contribution in [0.4, 0.5) is 4.79 Å². The molecule has 200 valence electrons. The molecular formula is C28H37N3O5S. The number of aryl methyl sites for hydroxylation is 1. The van der Waals surface area contributed by atoms with E-state index in [4.69, 9.17) is 14.2 Å². The largest absolute Gasteiger partial charge is 0.493 e. The molecule has 0 N–H and O–H groups in total. The first-order valence-corrected chi connectivity index (χ1v) is 13.3. The molecule has 3 aromatic rings. The number of rotatable bonds is 5. The SMILES string of the molecule is COc1ccc(-c2cn(C)c(=O)c3cc(CN4[C@H](C)CN(C(=O)OC(C)(C)C)C[C@@H]4C)sc23)cc1OC. The molecule has 0 spiro atoms. The van der Waals surface area contributed by atoms with E-state index < -0.39 is 5.60 Å². The van der Waals surface area contributed by atoms with Crippen LogP contribution in [0.5, 0.6) is 11.5 Å². The molecule has 0 radical (unpaired) electrons. The summed E-state index contributed by atoms with van der Waals surface area (Å²) in [6.45, 7) is 11.8. The molecule has 4 rings (SSSR count). The zero-order chi connectivity index (χ0) is 27.1. The molecule has 1 aromatic carbocycles. The third-order valence-electron chi connectivity index (χ3n) is 6.69. The fraction of sp³-hybridized carbons (Fsp3) is 0.500. The van der Waals surface area contributed by atoms with Crippen molar-refractivity contribution in [2.24, 2.45) is 7.05 Å². The second kappa shape index (κ2) is 10.4. The van der Waals surface area contributed by atoms with Crippen molar-refractivity contribution in [1.82, 2.24) is 14.4 Å². The Labute approximate surface area is 222 Å². The Morgan fingerprint density at radius 1 is 1.05 bits per heavy atom. The van der Waals surface area contributed by atoms with Gasteiger partial charge in [-0.2, -0.15) is 0 Å². The maximum Gasteiger partial charge on any atom is 0.410 e. The predicted molar refractivity (Wildman–Crippen MR) is 148 cm³/mol. The van der Waals surface area contributed by atoms with Crippen molar-refractivity contribution in [2.75, 3.05) is 27.3 Å². The van der Waals surface area contributed by atoms with E-state index in [0.717, 1.165) is 20.7 Å². The number of carbonyl (C=O) groups is 1. The molecule has 0 saturated carbocycles. The average molecular weight is 528 g/mol. The van der Waals surface area contributed by atoms with Crippen LogP contribution in [0, 0.1) is 0 Å². The lowest BCUT2D eigenvalue weighted by Gasteiger charge is -2.44. The zero-order valence-electron chi connectivity index (χ0n) is 23.0. The summed E-state index contributed by atoms with van der Waals surface area (Å²) in [6, 6.07) is 8.13. The summed E-state index contributed by atoms with van der Waals surface area (Å²) in [4.78, 5) is 31.0. The molecule has 1 amide bonds. The molecule has 0 unspecified atom stereocenters. The number of hydrogen-bond acceptors (Lipinski definition) is 7. The Morgan fingerprint density at radius 2 is 1.70 bits per heavy atom. The number of piperazine rings is 1. The number of fused-ring (bicyclic) bond motifs is 1. The Bertz CT molecular complexity index is 1340. The lowest BCUT2D eigenvalue weighted by molar-refractivity contribution is -0.00942. The van der Waals surface area contributed by atoms with Crippen molar-refractivity contribution in [3.05, 3.63) is 45.7 Å². The van der Waals surface area contributed by atoms with Gasteiger partial charge < -0.3 is 23.7 Å². The number of thiophene rings is 1. The number of methoxy groups -OCH3 is 2.